The summed E-state index contributed by atoms with van der Waals surface area (Å²) in [4.78, 5) is 12.9. The van der Waals surface area contributed by atoms with Crippen LogP contribution >= 0.6 is 0 Å². The van der Waals surface area contributed by atoms with Crippen molar-refractivity contribution in [3.63, 3.8) is 0 Å². The molecule has 5 heteroatoms. The first-order chi connectivity index (χ1) is 8.88. The molecule has 1 rings (SSSR count). The molecule has 0 saturated heterocycles. The monoisotopic (exact) mass is 266 g/mol. The van der Waals surface area contributed by atoms with E-state index in [1.165, 1.54) is 6.07 Å². The fourth-order valence-electron chi connectivity index (χ4n) is 2.09. The van der Waals surface area contributed by atoms with Crippen molar-refractivity contribution in [2.45, 2.75) is 46.3 Å². The second kappa shape index (κ2) is 6.52. The van der Waals surface area contributed by atoms with Crippen LogP contribution in [-0.4, -0.2) is 22.6 Å². The van der Waals surface area contributed by atoms with E-state index in [0.717, 1.165) is 13.0 Å². The maximum Gasteiger partial charge on any atom is 0.292 e. The number of aliphatic hydroxyl groups is 1. The van der Waals surface area contributed by atoms with Crippen molar-refractivity contribution >= 4 is 11.4 Å². The van der Waals surface area contributed by atoms with Gasteiger partial charge in [0.25, 0.3) is 5.69 Å². The van der Waals surface area contributed by atoms with Crippen molar-refractivity contribution in [3.8, 4) is 0 Å². The minimum Gasteiger partial charge on any atom is -0.389 e. The molecular weight excluding hydrogens is 244 g/mol. The second-order valence-electron chi connectivity index (χ2n) is 4.97. The number of hydrogen-bond donors (Lipinski definition) is 1. The number of nitrogens with zero attached hydrogens (tertiary/aromatic N) is 2. The van der Waals surface area contributed by atoms with E-state index in [1.807, 2.05) is 25.7 Å². The Labute approximate surface area is 114 Å². The lowest BCUT2D eigenvalue weighted by Gasteiger charge is -2.28. The Balaban J connectivity index is 3.28. The number of anilines is 1. The molecule has 1 N–H and O–H groups in total. The first-order valence-corrected chi connectivity index (χ1v) is 6.61. The Bertz CT molecular complexity index is 444. The molecule has 19 heavy (non-hydrogen) atoms. The van der Waals surface area contributed by atoms with Gasteiger partial charge >= 0.3 is 0 Å². The van der Waals surface area contributed by atoms with E-state index in [0.29, 0.717) is 11.3 Å². The highest BCUT2D eigenvalue weighted by Gasteiger charge is 2.22. The fraction of sp³-hybridized carbons (Fsp3) is 0.571. The molecule has 0 aromatic heterocycles. The van der Waals surface area contributed by atoms with E-state index in [9.17, 15) is 15.2 Å². The van der Waals surface area contributed by atoms with Gasteiger partial charge in [0.1, 0.15) is 5.69 Å². The van der Waals surface area contributed by atoms with Gasteiger partial charge in [-0.2, -0.15) is 0 Å². The quantitative estimate of drug-likeness (QED) is 0.634. The molecular formula is C14H22N2O3. The summed E-state index contributed by atoms with van der Waals surface area (Å²) in [5.41, 5.74) is 1.24. The van der Waals surface area contributed by atoms with Crippen LogP contribution in [0.5, 0.6) is 0 Å². The van der Waals surface area contributed by atoms with Crippen LogP contribution in [0.1, 0.15) is 45.8 Å². The predicted molar refractivity (Wildman–Crippen MR) is 76.5 cm³/mol. The number of aliphatic hydroxyl groups excluding tert-OH is 1. The molecule has 1 aromatic rings. The minimum absolute atomic E-state index is 0.0561. The van der Waals surface area contributed by atoms with Crippen molar-refractivity contribution in [1.82, 2.24) is 0 Å². The summed E-state index contributed by atoms with van der Waals surface area (Å²) in [6, 6.07) is 5.13. The van der Waals surface area contributed by atoms with Gasteiger partial charge in [-0.05, 0) is 38.8 Å². The molecule has 0 spiro atoms. The maximum atomic E-state index is 11.2. The van der Waals surface area contributed by atoms with E-state index in [1.54, 1.807) is 19.1 Å². The smallest absolute Gasteiger partial charge is 0.292 e. The fourth-order valence-corrected chi connectivity index (χ4v) is 2.09. The molecule has 0 unspecified atom stereocenters. The lowest BCUT2D eigenvalue weighted by Crippen LogP contribution is -2.32. The maximum absolute atomic E-state index is 11.2. The molecule has 0 aliphatic heterocycles. The number of nitro groups is 1. The van der Waals surface area contributed by atoms with Gasteiger partial charge in [-0.3, -0.25) is 10.1 Å². The standard InChI is InChI=1S/C14H22N2O3/c1-5-8-15(10(2)3)13-7-6-12(11(4)17)9-14(13)16(18)19/h6-7,9-11,17H,5,8H2,1-4H3/t11-/m1/s1. The van der Waals surface area contributed by atoms with Crippen molar-refractivity contribution < 1.29 is 10.0 Å². The van der Waals surface area contributed by atoms with Crippen LogP contribution < -0.4 is 4.90 Å². The summed E-state index contributed by atoms with van der Waals surface area (Å²) >= 11 is 0. The average Bonchev–Trinajstić information content (AvgIpc) is 2.34. The van der Waals surface area contributed by atoms with E-state index in [-0.39, 0.29) is 16.7 Å². The van der Waals surface area contributed by atoms with E-state index in [2.05, 4.69) is 0 Å². The van der Waals surface area contributed by atoms with E-state index in [4.69, 9.17) is 0 Å². The Hall–Kier alpha value is -1.62. The number of nitro benzene ring substituents is 1. The molecule has 0 bridgehead atoms. The number of hydrogen-bond acceptors (Lipinski definition) is 4. The molecule has 0 aliphatic rings. The molecule has 1 atom stereocenters. The molecule has 0 saturated carbocycles. The third-order valence-electron chi connectivity index (χ3n) is 3.08. The largest absolute Gasteiger partial charge is 0.389 e. The summed E-state index contributed by atoms with van der Waals surface area (Å²) < 4.78 is 0. The highest BCUT2D eigenvalue weighted by Crippen LogP contribution is 2.32. The van der Waals surface area contributed by atoms with Gasteiger partial charge in [0, 0.05) is 18.7 Å². The third kappa shape index (κ3) is 3.67. The Morgan fingerprint density at radius 1 is 1.37 bits per heavy atom. The molecule has 0 aliphatic carbocycles. The van der Waals surface area contributed by atoms with Crippen LogP contribution in [0.15, 0.2) is 18.2 Å². The van der Waals surface area contributed by atoms with Crippen LogP contribution in [0.4, 0.5) is 11.4 Å². The number of rotatable bonds is 6. The van der Waals surface area contributed by atoms with E-state index >= 15 is 0 Å². The summed E-state index contributed by atoms with van der Waals surface area (Å²) in [5.74, 6) is 0. The van der Waals surface area contributed by atoms with Crippen LogP contribution in [0.3, 0.4) is 0 Å². The third-order valence-corrected chi connectivity index (χ3v) is 3.08. The lowest BCUT2D eigenvalue weighted by molar-refractivity contribution is -0.384. The molecule has 0 amide bonds. The van der Waals surface area contributed by atoms with Gasteiger partial charge in [-0.15, -0.1) is 0 Å². The highest BCUT2D eigenvalue weighted by atomic mass is 16.6. The SMILES string of the molecule is CCCN(c1ccc([C@@H](C)O)cc1[N+](=O)[O-])C(C)C. The zero-order valence-corrected chi connectivity index (χ0v) is 12.0. The predicted octanol–water partition coefficient (Wildman–Crippen LogP) is 3.27. The lowest BCUT2D eigenvalue weighted by atomic mass is 10.1. The Kier molecular flexibility index (Phi) is 5.30. The molecule has 0 radical (unpaired) electrons. The summed E-state index contributed by atoms with van der Waals surface area (Å²) in [7, 11) is 0. The first kappa shape index (κ1) is 15.4. The zero-order chi connectivity index (χ0) is 14.6. The summed E-state index contributed by atoms with van der Waals surface area (Å²) in [6.45, 7) is 8.45. The summed E-state index contributed by atoms with van der Waals surface area (Å²) in [6.07, 6.45) is 0.222. The van der Waals surface area contributed by atoms with Crippen molar-refractivity contribution in [1.29, 1.82) is 0 Å². The molecule has 1 aromatic carbocycles. The first-order valence-electron chi connectivity index (χ1n) is 6.61. The normalized spacial score (nSPS) is 12.5. The van der Waals surface area contributed by atoms with Crippen molar-refractivity contribution in [2.24, 2.45) is 0 Å². The number of benzene rings is 1. The van der Waals surface area contributed by atoms with Gasteiger partial charge in [0.15, 0.2) is 0 Å². The van der Waals surface area contributed by atoms with E-state index < -0.39 is 6.10 Å². The van der Waals surface area contributed by atoms with Crippen LogP contribution in [0, 0.1) is 10.1 Å². The topological polar surface area (TPSA) is 66.6 Å². The van der Waals surface area contributed by atoms with Crippen molar-refractivity contribution in [2.75, 3.05) is 11.4 Å². The molecule has 106 valence electrons. The van der Waals surface area contributed by atoms with Crippen molar-refractivity contribution in [3.05, 3.63) is 33.9 Å². The summed E-state index contributed by atoms with van der Waals surface area (Å²) in [5, 5.41) is 20.8. The van der Waals surface area contributed by atoms with Crippen LogP contribution in [0.25, 0.3) is 0 Å². The minimum atomic E-state index is -0.702. The Morgan fingerprint density at radius 3 is 2.42 bits per heavy atom. The second-order valence-corrected chi connectivity index (χ2v) is 4.97. The van der Waals surface area contributed by atoms with Crippen LogP contribution in [0.2, 0.25) is 0 Å². The molecule has 5 nitrogen and oxygen atoms in total. The van der Waals surface area contributed by atoms with Crippen LogP contribution in [-0.2, 0) is 0 Å². The van der Waals surface area contributed by atoms with Gasteiger partial charge in [-0.1, -0.05) is 13.0 Å². The van der Waals surface area contributed by atoms with Gasteiger partial charge in [0.05, 0.1) is 11.0 Å². The molecule has 0 heterocycles. The average molecular weight is 266 g/mol. The van der Waals surface area contributed by atoms with Gasteiger partial charge < -0.3 is 10.0 Å². The van der Waals surface area contributed by atoms with Gasteiger partial charge in [0.2, 0.25) is 0 Å². The Morgan fingerprint density at radius 2 is 2.00 bits per heavy atom. The van der Waals surface area contributed by atoms with Gasteiger partial charge in [-0.25, -0.2) is 0 Å². The highest BCUT2D eigenvalue weighted by molar-refractivity contribution is 5.65. The zero-order valence-electron chi connectivity index (χ0n) is 12.0. The molecule has 0 fully saturated rings.